The van der Waals surface area contributed by atoms with Crippen LogP contribution in [0, 0.1) is 0 Å². The van der Waals surface area contributed by atoms with E-state index in [1.165, 1.54) is 5.56 Å². The molecule has 0 spiro atoms. The van der Waals surface area contributed by atoms with E-state index in [1.54, 1.807) is 35.5 Å². The van der Waals surface area contributed by atoms with Crippen LogP contribution in [0.5, 0.6) is 28.7 Å². The predicted molar refractivity (Wildman–Crippen MR) is 97.1 cm³/mol. The van der Waals surface area contributed by atoms with Crippen molar-refractivity contribution in [3.8, 4) is 28.7 Å². The first-order valence-corrected chi connectivity index (χ1v) is 8.33. The molecule has 26 heavy (non-hydrogen) atoms. The Labute approximate surface area is 153 Å². The first-order valence-electron chi connectivity index (χ1n) is 8.33. The Bertz CT molecular complexity index is 761. The second kappa shape index (κ2) is 7.74. The number of hydrogen-bond donors (Lipinski definition) is 0. The lowest BCUT2D eigenvalue weighted by atomic mass is 9.92. The van der Waals surface area contributed by atoms with E-state index < -0.39 is 0 Å². The molecule has 0 saturated carbocycles. The van der Waals surface area contributed by atoms with E-state index in [0.717, 1.165) is 23.3 Å². The van der Waals surface area contributed by atoms with Crippen molar-refractivity contribution in [2.24, 2.45) is 0 Å². The van der Waals surface area contributed by atoms with Gasteiger partial charge in [-0.3, -0.25) is 0 Å². The molecule has 0 amide bonds. The fourth-order valence-electron chi connectivity index (χ4n) is 3.30. The van der Waals surface area contributed by atoms with Gasteiger partial charge in [-0.1, -0.05) is 0 Å². The lowest BCUT2D eigenvalue weighted by molar-refractivity contribution is 0.0691. The van der Waals surface area contributed by atoms with Crippen LogP contribution in [0.4, 0.5) is 0 Å². The van der Waals surface area contributed by atoms with Crippen molar-refractivity contribution in [1.82, 2.24) is 0 Å². The number of fused-ring (bicyclic) bond motifs is 1. The first-order chi connectivity index (χ1) is 12.7. The van der Waals surface area contributed by atoms with Crippen LogP contribution in [0.15, 0.2) is 24.3 Å². The maximum atomic E-state index is 6.09. The van der Waals surface area contributed by atoms with Gasteiger partial charge in [0.15, 0.2) is 23.0 Å². The Morgan fingerprint density at radius 1 is 0.731 bits per heavy atom. The van der Waals surface area contributed by atoms with Gasteiger partial charge in [-0.15, -0.1) is 0 Å². The van der Waals surface area contributed by atoms with Crippen LogP contribution in [0.1, 0.15) is 22.8 Å². The number of benzene rings is 2. The summed E-state index contributed by atoms with van der Waals surface area (Å²) in [6.07, 6.45) is 0.559. The quantitative estimate of drug-likeness (QED) is 0.787. The van der Waals surface area contributed by atoms with Crippen molar-refractivity contribution >= 4 is 0 Å². The van der Waals surface area contributed by atoms with E-state index in [-0.39, 0.29) is 6.10 Å². The summed E-state index contributed by atoms with van der Waals surface area (Å²) in [7, 11) is 8.06. The van der Waals surface area contributed by atoms with Gasteiger partial charge in [-0.25, -0.2) is 0 Å². The van der Waals surface area contributed by atoms with Gasteiger partial charge in [-0.05, 0) is 47.4 Å². The molecule has 1 aliphatic heterocycles. The van der Waals surface area contributed by atoms with Crippen LogP contribution in [0.25, 0.3) is 0 Å². The van der Waals surface area contributed by atoms with Gasteiger partial charge in [0.1, 0.15) is 6.10 Å². The fraction of sp³-hybridized carbons (Fsp3) is 0.400. The summed E-state index contributed by atoms with van der Waals surface area (Å²) in [5.74, 6) is 3.14. The van der Waals surface area contributed by atoms with Gasteiger partial charge < -0.3 is 28.4 Å². The second-order valence-electron chi connectivity index (χ2n) is 5.87. The molecule has 1 heterocycles. The summed E-state index contributed by atoms with van der Waals surface area (Å²) in [5.41, 5.74) is 3.14. The highest BCUT2D eigenvalue weighted by Crippen LogP contribution is 2.44. The van der Waals surface area contributed by atoms with Gasteiger partial charge in [0.2, 0.25) is 5.75 Å². The Morgan fingerprint density at radius 2 is 1.31 bits per heavy atom. The predicted octanol–water partition coefficient (Wildman–Crippen LogP) is 3.39. The molecule has 0 aliphatic carbocycles. The van der Waals surface area contributed by atoms with Gasteiger partial charge in [-0.2, -0.15) is 0 Å². The third kappa shape index (κ3) is 3.12. The highest BCUT2D eigenvalue weighted by Gasteiger charge is 2.27. The minimum Gasteiger partial charge on any atom is -0.493 e. The van der Waals surface area contributed by atoms with Crippen LogP contribution in [-0.2, 0) is 11.2 Å². The van der Waals surface area contributed by atoms with Gasteiger partial charge in [0.25, 0.3) is 0 Å². The fourth-order valence-corrected chi connectivity index (χ4v) is 3.30. The summed E-state index contributed by atoms with van der Waals surface area (Å²) >= 11 is 0. The molecular weight excluding hydrogens is 336 g/mol. The molecule has 2 aromatic carbocycles. The molecule has 0 aromatic heterocycles. The van der Waals surface area contributed by atoms with E-state index in [1.807, 2.05) is 24.3 Å². The maximum absolute atomic E-state index is 6.09. The van der Waals surface area contributed by atoms with Gasteiger partial charge in [0.05, 0.1) is 42.2 Å². The third-order valence-corrected chi connectivity index (χ3v) is 4.57. The molecule has 6 nitrogen and oxygen atoms in total. The van der Waals surface area contributed by atoms with Crippen molar-refractivity contribution < 1.29 is 28.4 Å². The largest absolute Gasteiger partial charge is 0.493 e. The van der Waals surface area contributed by atoms with Crippen molar-refractivity contribution in [2.45, 2.75) is 12.5 Å². The van der Waals surface area contributed by atoms with Crippen LogP contribution in [0.3, 0.4) is 0 Å². The van der Waals surface area contributed by atoms with Crippen molar-refractivity contribution in [3.05, 3.63) is 41.0 Å². The molecule has 140 valence electrons. The standard InChI is InChI=1S/C20H24O6/c1-21-15-8-12-6-7-26-19(14(12)11-16(15)22-2)13-9-17(23-3)20(25-5)18(10-13)24-4/h8-11,19H,6-7H2,1-5H3. The van der Waals surface area contributed by atoms with Crippen LogP contribution < -0.4 is 23.7 Å². The zero-order valence-corrected chi connectivity index (χ0v) is 15.8. The molecule has 1 aliphatic rings. The average molecular weight is 360 g/mol. The lowest BCUT2D eigenvalue weighted by Crippen LogP contribution is -2.18. The number of rotatable bonds is 6. The zero-order chi connectivity index (χ0) is 18.7. The molecule has 2 aromatic rings. The average Bonchev–Trinajstić information content (AvgIpc) is 2.70. The molecule has 0 radical (unpaired) electrons. The monoisotopic (exact) mass is 360 g/mol. The summed E-state index contributed by atoms with van der Waals surface area (Å²) < 4.78 is 33.3. The highest BCUT2D eigenvalue weighted by molar-refractivity contribution is 5.57. The molecule has 0 fully saturated rings. The Morgan fingerprint density at radius 3 is 1.85 bits per heavy atom. The number of ether oxygens (including phenoxy) is 6. The van der Waals surface area contributed by atoms with Crippen molar-refractivity contribution in [2.75, 3.05) is 42.2 Å². The number of hydrogen-bond acceptors (Lipinski definition) is 6. The molecule has 0 saturated heterocycles. The third-order valence-electron chi connectivity index (χ3n) is 4.57. The molecule has 0 N–H and O–H groups in total. The number of methoxy groups -OCH3 is 5. The topological polar surface area (TPSA) is 55.4 Å². The van der Waals surface area contributed by atoms with E-state index in [2.05, 4.69) is 0 Å². The van der Waals surface area contributed by atoms with Crippen LogP contribution in [0.2, 0.25) is 0 Å². The molecular formula is C20H24O6. The van der Waals surface area contributed by atoms with E-state index in [4.69, 9.17) is 28.4 Å². The molecule has 3 rings (SSSR count). The van der Waals surface area contributed by atoms with Gasteiger partial charge >= 0.3 is 0 Å². The van der Waals surface area contributed by atoms with Crippen LogP contribution in [-0.4, -0.2) is 42.2 Å². The summed E-state index contributed by atoms with van der Waals surface area (Å²) in [6, 6.07) is 7.82. The SMILES string of the molecule is COc1cc2c(cc1OC)C(c1cc(OC)c(OC)c(OC)c1)OCC2. The lowest BCUT2D eigenvalue weighted by Gasteiger charge is -2.28. The Kier molecular flexibility index (Phi) is 5.42. The van der Waals surface area contributed by atoms with E-state index >= 15 is 0 Å². The highest BCUT2D eigenvalue weighted by atomic mass is 16.5. The Hall–Kier alpha value is -2.60. The molecule has 0 bridgehead atoms. The van der Waals surface area contributed by atoms with E-state index in [0.29, 0.717) is 29.6 Å². The summed E-state index contributed by atoms with van der Waals surface area (Å²) in [5, 5.41) is 0. The van der Waals surface area contributed by atoms with Crippen LogP contribution >= 0.6 is 0 Å². The van der Waals surface area contributed by atoms with Crippen molar-refractivity contribution in [1.29, 1.82) is 0 Å². The summed E-state index contributed by atoms with van der Waals surface area (Å²) in [6.45, 7) is 0.615. The van der Waals surface area contributed by atoms with E-state index in [9.17, 15) is 0 Å². The molecule has 1 atom stereocenters. The minimum atomic E-state index is -0.257. The maximum Gasteiger partial charge on any atom is 0.203 e. The molecule has 1 unspecified atom stereocenters. The van der Waals surface area contributed by atoms with Gasteiger partial charge in [0, 0.05) is 0 Å². The summed E-state index contributed by atoms with van der Waals surface area (Å²) in [4.78, 5) is 0. The Balaban J connectivity index is 2.12. The molecule has 6 heteroatoms. The first kappa shape index (κ1) is 18.2. The minimum absolute atomic E-state index is 0.257. The van der Waals surface area contributed by atoms with Crippen molar-refractivity contribution in [3.63, 3.8) is 0 Å². The normalized spacial score (nSPS) is 15.8. The second-order valence-corrected chi connectivity index (χ2v) is 5.87. The smallest absolute Gasteiger partial charge is 0.203 e. The zero-order valence-electron chi connectivity index (χ0n) is 15.8.